The van der Waals surface area contributed by atoms with Crippen LogP contribution in [0.2, 0.25) is 0 Å². The number of dihydropyridines is 1. The summed E-state index contributed by atoms with van der Waals surface area (Å²) in [6.45, 7) is 18.4. The van der Waals surface area contributed by atoms with Crippen molar-refractivity contribution in [2.45, 2.75) is 53.6 Å². The first-order chi connectivity index (χ1) is 13.6. The maximum atomic E-state index is 13.0. The van der Waals surface area contributed by atoms with Gasteiger partial charge < -0.3 is 14.5 Å². The summed E-state index contributed by atoms with van der Waals surface area (Å²) in [5.74, 6) is -0.708. The van der Waals surface area contributed by atoms with E-state index in [1.165, 1.54) is 6.07 Å². The van der Waals surface area contributed by atoms with Crippen molar-refractivity contribution in [2.24, 2.45) is 0 Å². The normalized spacial score (nSPS) is 16.8. The number of esters is 1. The zero-order valence-corrected chi connectivity index (χ0v) is 17.5. The Kier molecular flexibility index (Phi) is 5.34. The summed E-state index contributed by atoms with van der Waals surface area (Å²) < 4.78 is 11.4. The number of rotatable bonds is 3. The lowest BCUT2D eigenvalue weighted by molar-refractivity contribution is -0.143. The Morgan fingerprint density at radius 3 is 2.52 bits per heavy atom. The minimum atomic E-state index is -0.687. The molecule has 29 heavy (non-hydrogen) atoms. The van der Waals surface area contributed by atoms with Gasteiger partial charge in [-0.15, -0.1) is 0 Å². The molecule has 0 fully saturated rings. The van der Waals surface area contributed by atoms with Gasteiger partial charge >= 0.3 is 5.97 Å². The molecule has 1 aliphatic rings. The third kappa shape index (κ3) is 3.56. The highest BCUT2D eigenvalue weighted by atomic mass is 16.5. The average Bonchev–Trinajstić information content (AvgIpc) is 2.60. The van der Waals surface area contributed by atoms with Crippen LogP contribution >= 0.6 is 0 Å². The molecule has 1 aliphatic heterocycles. The van der Waals surface area contributed by atoms with E-state index >= 15 is 0 Å². The van der Waals surface area contributed by atoms with Crippen molar-refractivity contribution in [2.75, 3.05) is 0 Å². The number of nitrogens with zero attached hydrogens (tertiary/aromatic N) is 1. The lowest BCUT2D eigenvalue weighted by Crippen LogP contribution is -2.29. The number of nitrogens with one attached hydrogen (secondary N) is 1. The first-order valence-electron chi connectivity index (χ1n) is 9.46. The molecule has 1 aromatic heterocycles. The maximum absolute atomic E-state index is 13.0. The van der Waals surface area contributed by atoms with E-state index in [-0.39, 0.29) is 11.5 Å². The lowest BCUT2D eigenvalue weighted by atomic mass is 9.82. The number of fused-ring (bicyclic) bond motifs is 1. The molecule has 1 N–H and O–H groups in total. The predicted octanol–water partition coefficient (Wildman–Crippen LogP) is 4.47. The third-order valence-electron chi connectivity index (χ3n) is 4.96. The minimum Gasteiger partial charge on any atom is -0.461 e. The van der Waals surface area contributed by atoms with E-state index in [2.05, 4.69) is 10.2 Å². The molecule has 1 unspecified atom stereocenters. The number of carbonyl (C=O) groups is 1. The van der Waals surface area contributed by atoms with Gasteiger partial charge in [-0.25, -0.2) is 9.64 Å². The molecule has 2 aromatic rings. The predicted molar refractivity (Wildman–Crippen MR) is 111 cm³/mol. The summed E-state index contributed by atoms with van der Waals surface area (Å²) in [6, 6.07) is 5.10. The van der Waals surface area contributed by atoms with Crippen molar-refractivity contribution >= 4 is 16.9 Å². The molecule has 1 atom stereocenters. The molecule has 6 heteroatoms. The fourth-order valence-electron chi connectivity index (χ4n) is 3.77. The Hall–Kier alpha value is -3.33. The third-order valence-corrected chi connectivity index (χ3v) is 4.96. The molecule has 0 spiro atoms. The Bertz CT molecular complexity index is 1180. The number of benzene rings is 1. The van der Waals surface area contributed by atoms with Crippen LogP contribution in [-0.2, 0) is 9.53 Å². The van der Waals surface area contributed by atoms with Crippen LogP contribution in [0.4, 0.5) is 0 Å². The number of ether oxygens (including phenoxy) is 1. The molecule has 0 saturated heterocycles. The topological polar surface area (TPSA) is 72.9 Å². The first kappa shape index (κ1) is 20.4. The second-order valence-electron chi connectivity index (χ2n) is 7.57. The summed E-state index contributed by atoms with van der Waals surface area (Å²) in [7, 11) is 0. The maximum Gasteiger partial charge on any atom is 0.335 e. The van der Waals surface area contributed by atoms with Gasteiger partial charge in [-0.2, -0.15) is 0 Å². The molecule has 0 bridgehead atoms. The fraction of sp³-hybridized carbons (Fsp3) is 0.348. The van der Waals surface area contributed by atoms with Crippen LogP contribution in [-0.4, -0.2) is 12.1 Å². The fourth-order valence-corrected chi connectivity index (χ4v) is 3.77. The van der Waals surface area contributed by atoms with Crippen molar-refractivity contribution < 1.29 is 13.9 Å². The van der Waals surface area contributed by atoms with Gasteiger partial charge in [0.25, 0.3) is 0 Å². The smallest absolute Gasteiger partial charge is 0.335 e. The van der Waals surface area contributed by atoms with Gasteiger partial charge in [0.2, 0.25) is 0 Å². The van der Waals surface area contributed by atoms with Gasteiger partial charge in [-0.1, -0.05) is 12.1 Å². The first-order valence-corrected chi connectivity index (χ1v) is 9.46. The molecule has 0 amide bonds. The van der Waals surface area contributed by atoms with Gasteiger partial charge in [0.15, 0.2) is 11.1 Å². The summed E-state index contributed by atoms with van der Waals surface area (Å²) in [6.07, 6.45) is -0.304. The van der Waals surface area contributed by atoms with Crippen LogP contribution < -0.4 is 10.7 Å². The second-order valence-corrected chi connectivity index (χ2v) is 7.57. The summed E-state index contributed by atoms with van der Waals surface area (Å²) >= 11 is 0. The molecule has 6 nitrogen and oxygen atoms in total. The molecule has 150 valence electrons. The van der Waals surface area contributed by atoms with Crippen molar-refractivity contribution in [3.05, 3.63) is 79.4 Å². The zero-order chi connectivity index (χ0) is 21.5. The number of carbonyl (C=O) groups excluding carboxylic acids is 1. The largest absolute Gasteiger partial charge is 0.461 e. The standard InChI is InChI=1S/C23H24N2O4/c1-11(2)28-23(27)19-14(5)25-15(6)21(24-7)20(19)16-9-8-12(3)18-17(26)10-13(4)29-22(16)18/h8-11,20,25H,1-6H3. The lowest BCUT2D eigenvalue weighted by Gasteiger charge is -2.29. The summed E-state index contributed by atoms with van der Waals surface area (Å²) in [5, 5.41) is 3.58. The van der Waals surface area contributed by atoms with Crippen molar-refractivity contribution in [3.8, 4) is 0 Å². The molecular formula is C23H24N2O4. The van der Waals surface area contributed by atoms with Crippen LogP contribution in [0, 0.1) is 20.4 Å². The highest BCUT2D eigenvalue weighted by Crippen LogP contribution is 2.42. The highest BCUT2D eigenvalue weighted by molar-refractivity contribution is 5.95. The van der Waals surface area contributed by atoms with E-state index in [1.54, 1.807) is 34.6 Å². The minimum absolute atomic E-state index is 0.144. The van der Waals surface area contributed by atoms with Gasteiger partial charge in [-0.3, -0.25) is 4.79 Å². The van der Waals surface area contributed by atoms with Crippen molar-refractivity contribution in [3.63, 3.8) is 0 Å². The van der Waals surface area contributed by atoms with Gasteiger partial charge in [0.1, 0.15) is 11.3 Å². The zero-order valence-electron chi connectivity index (χ0n) is 17.5. The quantitative estimate of drug-likeness (QED) is 0.616. The van der Waals surface area contributed by atoms with E-state index in [0.29, 0.717) is 45.0 Å². The SMILES string of the molecule is [C-]#[N+]C1=C(C)NC(C)=C(C(=O)OC(C)C)C1c1ccc(C)c2c(=O)cc(C)oc12. The number of hydrogen-bond acceptors (Lipinski definition) is 5. The Balaban J connectivity index is 2.37. The second kappa shape index (κ2) is 7.59. The molecule has 0 saturated carbocycles. The van der Waals surface area contributed by atoms with Crippen LogP contribution in [0.3, 0.4) is 0 Å². The van der Waals surface area contributed by atoms with Crippen molar-refractivity contribution in [1.82, 2.24) is 5.32 Å². The van der Waals surface area contributed by atoms with Crippen LogP contribution in [0.15, 0.2) is 50.1 Å². The monoisotopic (exact) mass is 392 g/mol. The van der Waals surface area contributed by atoms with Gasteiger partial charge in [0, 0.05) is 17.5 Å². The van der Waals surface area contributed by atoms with E-state index in [4.69, 9.17) is 15.7 Å². The van der Waals surface area contributed by atoms with E-state index in [9.17, 15) is 9.59 Å². The van der Waals surface area contributed by atoms with E-state index in [0.717, 1.165) is 5.56 Å². The van der Waals surface area contributed by atoms with E-state index < -0.39 is 11.9 Å². The van der Waals surface area contributed by atoms with Gasteiger partial charge in [0.05, 0.1) is 29.6 Å². The molecule has 1 aromatic carbocycles. The molecule has 3 rings (SSSR count). The van der Waals surface area contributed by atoms with Gasteiger partial charge in [-0.05, 0) is 52.7 Å². The molecular weight excluding hydrogens is 368 g/mol. The molecule has 2 heterocycles. The number of aryl methyl sites for hydroxylation is 2. The van der Waals surface area contributed by atoms with Crippen molar-refractivity contribution in [1.29, 1.82) is 0 Å². The van der Waals surface area contributed by atoms with Crippen LogP contribution in [0.1, 0.15) is 50.5 Å². The van der Waals surface area contributed by atoms with E-state index in [1.807, 2.05) is 19.1 Å². The number of hydrogen-bond donors (Lipinski definition) is 1. The summed E-state index contributed by atoms with van der Waals surface area (Å²) in [4.78, 5) is 29.3. The molecule has 0 radical (unpaired) electrons. The Morgan fingerprint density at radius 2 is 1.90 bits per heavy atom. The summed E-state index contributed by atoms with van der Waals surface area (Å²) in [5.41, 5.74) is 3.65. The Labute approximate surface area is 169 Å². The van der Waals surface area contributed by atoms with Crippen LogP contribution in [0.25, 0.3) is 15.8 Å². The Morgan fingerprint density at radius 1 is 1.21 bits per heavy atom. The van der Waals surface area contributed by atoms with Crippen LogP contribution in [0.5, 0.6) is 0 Å². The number of allylic oxidation sites excluding steroid dienone is 3. The average molecular weight is 392 g/mol. The highest BCUT2D eigenvalue weighted by Gasteiger charge is 2.36. The molecule has 0 aliphatic carbocycles.